The molecule has 0 atom stereocenters. The zero-order chi connectivity index (χ0) is 36.6. The molecule has 1 nitrogen and oxygen atoms in total. The molecule has 0 saturated carbocycles. The van der Waals surface area contributed by atoms with Gasteiger partial charge in [0.25, 0.3) is 0 Å². The van der Waals surface area contributed by atoms with Crippen molar-refractivity contribution in [2.24, 2.45) is 0 Å². The van der Waals surface area contributed by atoms with Gasteiger partial charge in [0.15, 0.2) is 0 Å². The smallest absolute Gasteiger partial charge is 0.0462 e. The minimum Gasteiger partial charge on any atom is -0.311 e. The molecule has 9 aromatic rings. The van der Waals surface area contributed by atoms with Crippen LogP contribution in [0.1, 0.15) is 11.1 Å². The van der Waals surface area contributed by atoms with E-state index in [9.17, 15) is 0 Å². The fourth-order valence-electron chi connectivity index (χ4n) is 8.41. The van der Waals surface area contributed by atoms with Crippen LogP contribution >= 0.6 is 0 Å². The van der Waals surface area contributed by atoms with E-state index in [0.29, 0.717) is 0 Å². The fourth-order valence-corrected chi connectivity index (χ4v) is 8.41. The number of nitrogens with zero attached hydrogens (tertiary/aromatic N) is 1. The molecule has 0 N–H and O–H groups in total. The summed E-state index contributed by atoms with van der Waals surface area (Å²) in [5, 5.41) is 2.62. The molecule has 55 heavy (non-hydrogen) atoms. The third-order valence-electron chi connectivity index (χ3n) is 11.2. The number of hydrogen-bond donors (Lipinski definition) is 0. The van der Waals surface area contributed by atoms with E-state index in [1.165, 1.54) is 77.5 Å². The first-order valence-corrected chi connectivity index (χ1v) is 19.2. The summed E-state index contributed by atoms with van der Waals surface area (Å²) in [5.74, 6) is 0. The highest BCUT2D eigenvalue weighted by molar-refractivity contribution is 6.02. The number of benzene rings is 9. The molecule has 0 radical (unpaired) electrons. The van der Waals surface area contributed by atoms with Crippen LogP contribution in [0.15, 0.2) is 212 Å². The molecule has 9 aromatic carbocycles. The van der Waals surface area contributed by atoms with Gasteiger partial charge in [-0.3, -0.25) is 0 Å². The van der Waals surface area contributed by atoms with E-state index in [1.54, 1.807) is 0 Å². The number of anilines is 3. The molecular weight excluding hydrogens is 663 g/mol. The van der Waals surface area contributed by atoms with Crippen LogP contribution in [0, 0.1) is 0 Å². The standard InChI is InChI=1S/C54H39N/c1-4-12-38(13-5-1)39-24-30-48(31-25-39)55(47-17-8-3-9-18-47)49-32-26-42(27-33-49)50-34-28-45(37-53(50)40-14-6-2-7-15-40)44-29-35-52-46(36-44)23-22-43-21-20-41-16-10-11-19-51(41)54(43)52/h1-19,22-37H,20-21H2. The van der Waals surface area contributed by atoms with E-state index < -0.39 is 0 Å². The zero-order valence-electron chi connectivity index (χ0n) is 30.6. The monoisotopic (exact) mass is 701 g/mol. The van der Waals surface area contributed by atoms with Gasteiger partial charge in [-0.1, -0.05) is 164 Å². The Hall–Kier alpha value is -6.96. The zero-order valence-corrected chi connectivity index (χ0v) is 30.6. The summed E-state index contributed by atoms with van der Waals surface area (Å²) in [5.41, 5.74) is 18.8. The van der Waals surface area contributed by atoms with Gasteiger partial charge in [0, 0.05) is 17.1 Å². The number of aryl methyl sites for hydroxylation is 2. The third kappa shape index (κ3) is 6.20. The fraction of sp³-hybridized carbons (Fsp3) is 0.0370. The van der Waals surface area contributed by atoms with Gasteiger partial charge >= 0.3 is 0 Å². The van der Waals surface area contributed by atoms with E-state index in [1.807, 2.05) is 0 Å². The van der Waals surface area contributed by atoms with E-state index in [2.05, 4.69) is 217 Å². The summed E-state index contributed by atoms with van der Waals surface area (Å²) in [7, 11) is 0. The molecule has 0 unspecified atom stereocenters. The lowest BCUT2D eigenvalue weighted by atomic mass is 9.82. The molecule has 0 fully saturated rings. The molecular formula is C54H39N. The Bertz CT molecular complexity index is 2770. The maximum absolute atomic E-state index is 2.37. The Morgan fingerprint density at radius 2 is 0.800 bits per heavy atom. The average Bonchev–Trinajstić information content (AvgIpc) is 3.27. The summed E-state index contributed by atoms with van der Waals surface area (Å²) in [4.78, 5) is 2.33. The van der Waals surface area contributed by atoms with Crippen LogP contribution in [0.3, 0.4) is 0 Å². The van der Waals surface area contributed by atoms with Crippen molar-refractivity contribution >= 4 is 27.8 Å². The summed E-state index contributed by atoms with van der Waals surface area (Å²) in [6.45, 7) is 0. The number of para-hydroxylation sites is 1. The first-order valence-electron chi connectivity index (χ1n) is 19.2. The van der Waals surface area contributed by atoms with Crippen LogP contribution in [0.5, 0.6) is 0 Å². The summed E-state index contributed by atoms with van der Waals surface area (Å²) >= 11 is 0. The molecule has 1 aliphatic rings. The molecule has 1 heteroatoms. The van der Waals surface area contributed by atoms with Gasteiger partial charge in [0.05, 0.1) is 0 Å². The Balaban J connectivity index is 1.02. The Morgan fingerprint density at radius 3 is 1.53 bits per heavy atom. The van der Waals surface area contributed by atoms with E-state index >= 15 is 0 Å². The summed E-state index contributed by atoms with van der Waals surface area (Å²) < 4.78 is 0. The van der Waals surface area contributed by atoms with Crippen LogP contribution < -0.4 is 4.90 Å². The van der Waals surface area contributed by atoms with Gasteiger partial charge in [-0.15, -0.1) is 0 Å². The second-order valence-corrected chi connectivity index (χ2v) is 14.4. The van der Waals surface area contributed by atoms with Crippen LogP contribution in [-0.4, -0.2) is 0 Å². The third-order valence-corrected chi connectivity index (χ3v) is 11.2. The van der Waals surface area contributed by atoms with Crippen molar-refractivity contribution in [3.05, 3.63) is 223 Å². The summed E-state index contributed by atoms with van der Waals surface area (Å²) in [6.07, 6.45) is 2.21. The van der Waals surface area contributed by atoms with Crippen molar-refractivity contribution in [3.63, 3.8) is 0 Å². The van der Waals surface area contributed by atoms with Gasteiger partial charge in [0.1, 0.15) is 0 Å². The number of hydrogen-bond acceptors (Lipinski definition) is 1. The van der Waals surface area contributed by atoms with Crippen molar-refractivity contribution in [1.82, 2.24) is 0 Å². The molecule has 1 aliphatic carbocycles. The lowest BCUT2D eigenvalue weighted by Crippen LogP contribution is -2.09. The quantitative estimate of drug-likeness (QED) is 0.160. The second-order valence-electron chi connectivity index (χ2n) is 14.4. The van der Waals surface area contributed by atoms with Crippen molar-refractivity contribution in [2.45, 2.75) is 12.8 Å². The lowest BCUT2D eigenvalue weighted by molar-refractivity contribution is 0.945. The number of fused-ring (bicyclic) bond motifs is 5. The predicted octanol–water partition coefficient (Wildman–Crippen LogP) is 14.7. The summed E-state index contributed by atoms with van der Waals surface area (Å²) in [6, 6.07) is 77.4. The average molecular weight is 702 g/mol. The Morgan fingerprint density at radius 1 is 0.291 bits per heavy atom. The van der Waals surface area contributed by atoms with Crippen molar-refractivity contribution < 1.29 is 0 Å². The SMILES string of the molecule is c1ccc(-c2ccc(N(c3ccccc3)c3ccc(-c4ccc(-c5ccc6c7c(ccc6c5)CCc5ccccc5-7)cc4-c4ccccc4)cc3)cc2)cc1. The van der Waals surface area contributed by atoms with Crippen molar-refractivity contribution in [2.75, 3.05) is 4.90 Å². The van der Waals surface area contributed by atoms with Crippen LogP contribution in [0.25, 0.3) is 66.4 Å². The molecule has 10 rings (SSSR count). The van der Waals surface area contributed by atoms with Crippen molar-refractivity contribution in [3.8, 4) is 55.6 Å². The highest BCUT2D eigenvalue weighted by Crippen LogP contribution is 2.42. The van der Waals surface area contributed by atoms with E-state index in [4.69, 9.17) is 0 Å². The van der Waals surface area contributed by atoms with Gasteiger partial charge in [-0.05, 0) is 139 Å². The van der Waals surface area contributed by atoms with Crippen LogP contribution in [0.2, 0.25) is 0 Å². The first kappa shape index (κ1) is 32.7. The molecule has 0 heterocycles. The maximum atomic E-state index is 2.37. The molecule has 260 valence electrons. The first-order chi connectivity index (χ1) is 27.3. The van der Waals surface area contributed by atoms with Gasteiger partial charge in [0.2, 0.25) is 0 Å². The lowest BCUT2D eigenvalue weighted by Gasteiger charge is -2.26. The predicted molar refractivity (Wildman–Crippen MR) is 233 cm³/mol. The molecule has 0 aromatic heterocycles. The number of rotatable bonds is 7. The highest BCUT2D eigenvalue weighted by atomic mass is 15.1. The molecule has 0 saturated heterocycles. The second kappa shape index (κ2) is 14.1. The Labute approximate surface area is 323 Å². The molecule has 0 bridgehead atoms. The van der Waals surface area contributed by atoms with Crippen LogP contribution in [-0.2, 0) is 12.8 Å². The van der Waals surface area contributed by atoms with Crippen molar-refractivity contribution in [1.29, 1.82) is 0 Å². The van der Waals surface area contributed by atoms with Crippen LogP contribution in [0.4, 0.5) is 17.1 Å². The van der Waals surface area contributed by atoms with Gasteiger partial charge in [-0.25, -0.2) is 0 Å². The highest BCUT2D eigenvalue weighted by Gasteiger charge is 2.19. The molecule has 0 amide bonds. The normalized spacial score (nSPS) is 11.9. The Kier molecular flexibility index (Phi) is 8.39. The topological polar surface area (TPSA) is 3.24 Å². The molecule has 0 spiro atoms. The molecule has 0 aliphatic heterocycles. The minimum atomic E-state index is 1.10. The largest absolute Gasteiger partial charge is 0.311 e. The minimum absolute atomic E-state index is 1.10. The maximum Gasteiger partial charge on any atom is 0.0462 e. The van der Waals surface area contributed by atoms with Gasteiger partial charge < -0.3 is 4.90 Å². The van der Waals surface area contributed by atoms with Gasteiger partial charge in [-0.2, -0.15) is 0 Å². The van der Waals surface area contributed by atoms with E-state index in [0.717, 1.165) is 29.9 Å². The van der Waals surface area contributed by atoms with E-state index in [-0.39, 0.29) is 0 Å².